The number of anilines is 1. The Kier molecular flexibility index (Phi) is 5.50. The summed E-state index contributed by atoms with van der Waals surface area (Å²) in [6.45, 7) is 8.03. The van der Waals surface area contributed by atoms with Crippen molar-refractivity contribution in [2.75, 3.05) is 11.9 Å². The highest BCUT2D eigenvalue weighted by atomic mass is 16.2. The minimum absolute atomic E-state index is 0.00948. The molecule has 0 aliphatic carbocycles. The molecule has 30 heavy (non-hydrogen) atoms. The van der Waals surface area contributed by atoms with Crippen LogP contribution < -0.4 is 5.32 Å². The fourth-order valence-electron chi connectivity index (χ4n) is 3.29. The van der Waals surface area contributed by atoms with Crippen molar-refractivity contribution >= 4 is 11.6 Å². The average Bonchev–Trinajstić information content (AvgIpc) is 2.74. The largest absolute Gasteiger partial charge is 0.325 e. The molecular formula is C22H25N7O. The first kappa shape index (κ1) is 20.0. The van der Waals surface area contributed by atoms with Crippen molar-refractivity contribution in [3.05, 3.63) is 60.2 Å². The van der Waals surface area contributed by atoms with Crippen LogP contribution in [0.2, 0.25) is 0 Å². The van der Waals surface area contributed by atoms with Crippen LogP contribution in [0, 0.1) is 5.41 Å². The van der Waals surface area contributed by atoms with E-state index in [4.69, 9.17) is 4.98 Å². The van der Waals surface area contributed by atoms with Gasteiger partial charge < -0.3 is 5.32 Å². The van der Waals surface area contributed by atoms with Crippen LogP contribution in [0.25, 0.3) is 11.4 Å². The number of nitrogens with zero attached hydrogens (tertiary/aromatic N) is 6. The van der Waals surface area contributed by atoms with Gasteiger partial charge in [-0.15, -0.1) is 0 Å². The summed E-state index contributed by atoms with van der Waals surface area (Å²) in [5, 5.41) is 3.04. The number of rotatable bonds is 4. The van der Waals surface area contributed by atoms with Gasteiger partial charge in [0.05, 0.1) is 11.3 Å². The lowest BCUT2D eigenvalue weighted by Crippen LogP contribution is -2.32. The third-order valence-corrected chi connectivity index (χ3v) is 5.06. The molecule has 154 valence electrons. The van der Waals surface area contributed by atoms with E-state index in [0.29, 0.717) is 12.4 Å². The van der Waals surface area contributed by atoms with E-state index in [-0.39, 0.29) is 5.91 Å². The molecular weight excluding hydrogens is 378 g/mol. The van der Waals surface area contributed by atoms with Gasteiger partial charge in [-0.25, -0.2) is 19.9 Å². The fourth-order valence-corrected chi connectivity index (χ4v) is 3.29. The van der Waals surface area contributed by atoms with Gasteiger partial charge in [0.2, 0.25) is 5.91 Å². The number of hydrogen-bond acceptors (Lipinski definition) is 7. The Balaban J connectivity index is 1.48. The van der Waals surface area contributed by atoms with Gasteiger partial charge in [0.25, 0.3) is 0 Å². The van der Waals surface area contributed by atoms with Crippen molar-refractivity contribution < 1.29 is 4.79 Å². The van der Waals surface area contributed by atoms with Gasteiger partial charge in [-0.05, 0) is 6.07 Å². The number of carbonyl (C=O) groups is 1. The first-order valence-corrected chi connectivity index (χ1v) is 9.97. The second-order valence-corrected chi connectivity index (χ2v) is 8.49. The summed E-state index contributed by atoms with van der Waals surface area (Å²) in [6.07, 6.45) is 11.2. The van der Waals surface area contributed by atoms with E-state index < -0.39 is 5.41 Å². The highest BCUT2D eigenvalue weighted by molar-refractivity contribution is 5.95. The number of nitrogens with one attached hydrogen (secondary N) is 1. The maximum absolute atomic E-state index is 12.4. The Hall–Kier alpha value is -3.26. The number of amides is 1. The fraction of sp³-hybridized carbons (Fsp3) is 0.364. The van der Waals surface area contributed by atoms with Crippen LogP contribution in [-0.4, -0.2) is 42.3 Å². The van der Waals surface area contributed by atoms with Crippen LogP contribution >= 0.6 is 0 Å². The maximum atomic E-state index is 12.4. The molecule has 0 radical (unpaired) electrons. The van der Waals surface area contributed by atoms with Crippen LogP contribution in [-0.2, 0) is 24.3 Å². The zero-order chi connectivity index (χ0) is 21.1. The molecule has 0 spiro atoms. The number of pyridine rings is 1. The van der Waals surface area contributed by atoms with E-state index in [9.17, 15) is 4.79 Å². The Morgan fingerprint density at radius 2 is 1.93 bits per heavy atom. The summed E-state index contributed by atoms with van der Waals surface area (Å²) in [5.74, 6) is 0.645. The van der Waals surface area contributed by atoms with Gasteiger partial charge >= 0.3 is 0 Å². The summed E-state index contributed by atoms with van der Waals surface area (Å²) in [4.78, 5) is 36.3. The number of fused-ring (bicyclic) bond motifs is 1. The molecule has 0 aromatic carbocycles. The zero-order valence-corrected chi connectivity index (χ0v) is 17.5. The van der Waals surface area contributed by atoms with Crippen LogP contribution in [0.15, 0.2) is 43.4 Å². The van der Waals surface area contributed by atoms with Gasteiger partial charge in [0.15, 0.2) is 5.82 Å². The molecule has 8 heteroatoms. The summed E-state index contributed by atoms with van der Waals surface area (Å²) in [5.41, 5.74) is 4.35. The van der Waals surface area contributed by atoms with Crippen molar-refractivity contribution in [3.8, 4) is 11.4 Å². The van der Waals surface area contributed by atoms with Crippen molar-refractivity contribution in [1.82, 2.24) is 29.8 Å². The molecule has 1 aliphatic rings. The van der Waals surface area contributed by atoms with E-state index in [1.165, 1.54) is 6.33 Å². The minimum Gasteiger partial charge on any atom is -0.325 e. The molecule has 0 fully saturated rings. The second-order valence-electron chi connectivity index (χ2n) is 8.49. The van der Waals surface area contributed by atoms with E-state index in [2.05, 4.69) is 30.2 Å². The highest BCUT2D eigenvalue weighted by Gasteiger charge is 2.23. The Labute approximate surface area is 175 Å². The Morgan fingerprint density at radius 1 is 1.13 bits per heavy atom. The molecule has 0 saturated heterocycles. The lowest BCUT2D eigenvalue weighted by Gasteiger charge is -2.29. The first-order chi connectivity index (χ1) is 14.4. The van der Waals surface area contributed by atoms with Gasteiger partial charge in [-0.1, -0.05) is 20.8 Å². The molecule has 3 aromatic rings. The molecule has 1 amide bonds. The predicted molar refractivity (Wildman–Crippen MR) is 113 cm³/mol. The van der Waals surface area contributed by atoms with Crippen LogP contribution in [0.3, 0.4) is 0 Å². The lowest BCUT2D eigenvalue weighted by atomic mass is 9.95. The standard InChI is InChI=1S/C22H25N7O/c1-22(2,3)21(30)28-18-4-6-23-10-16(18)12-29-7-5-19-17(13-29)11-26-20(27-19)15-8-24-14-25-9-15/h4,6,8-11,14H,5,7,12-13H2,1-3H3,(H,23,28,30). The number of hydrogen-bond donors (Lipinski definition) is 1. The summed E-state index contributed by atoms with van der Waals surface area (Å²) in [6, 6.07) is 1.86. The molecule has 1 N–H and O–H groups in total. The van der Waals surface area contributed by atoms with Gasteiger partial charge in [0.1, 0.15) is 6.33 Å². The number of carbonyl (C=O) groups excluding carboxylic acids is 1. The summed E-state index contributed by atoms with van der Waals surface area (Å²) >= 11 is 0. The number of aromatic nitrogens is 5. The van der Waals surface area contributed by atoms with Crippen molar-refractivity contribution in [2.24, 2.45) is 5.41 Å². The maximum Gasteiger partial charge on any atom is 0.229 e. The molecule has 0 atom stereocenters. The molecule has 0 bridgehead atoms. The van der Waals surface area contributed by atoms with Crippen LogP contribution in [0.5, 0.6) is 0 Å². The third-order valence-electron chi connectivity index (χ3n) is 5.06. The highest BCUT2D eigenvalue weighted by Crippen LogP contribution is 2.24. The van der Waals surface area contributed by atoms with Crippen molar-refractivity contribution in [3.63, 3.8) is 0 Å². The van der Waals surface area contributed by atoms with Gasteiger partial charge in [0, 0.05) is 79.3 Å². The van der Waals surface area contributed by atoms with E-state index in [1.54, 1.807) is 18.6 Å². The van der Waals surface area contributed by atoms with E-state index >= 15 is 0 Å². The molecule has 1 aliphatic heterocycles. The minimum atomic E-state index is -0.455. The molecule has 0 saturated carbocycles. The Bertz CT molecular complexity index is 1050. The smallest absolute Gasteiger partial charge is 0.229 e. The van der Waals surface area contributed by atoms with E-state index in [0.717, 1.165) is 47.6 Å². The molecule has 8 nitrogen and oxygen atoms in total. The molecule has 0 unspecified atom stereocenters. The zero-order valence-electron chi connectivity index (χ0n) is 17.5. The predicted octanol–water partition coefficient (Wildman–Crippen LogP) is 2.87. The molecule has 4 rings (SSSR count). The van der Waals surface area contributed by atoms with Crippen LogP contribution in [0.1, 0.15) is 37.6 Å². The second kappa shape index (κ2) is 8.23. The van der Waals surface area contributed by atoms with E-state index in [1.807, 2.05) is 39.2 Å². The summed E-state index contributed by atoms with van der Waals surface area (Å²) < 4.78 is 0. The Morgan fingerprint density at radius 3 is 2.70 bits per heavy atom. The first-order valence-electron chi connectivity index (χ1n) is 9.97. The lowest BCUT2D eigenvalue weighted by molar-refractivity contribution is -0.123. The quantitative estimate of drug-likeness (QED) is 0.715. The van der Waals surface area contributed by atoms with Crippen molar-refractivity contribution in [1.29, 1.82) is 0 Å². The van der Waals surface area contributed by atoms with Gasteiger partial charge in [-0.2, -0.15) is 0 Å². The van der Waals surface area contributed by atoms with Crippen molar-refractivity contribution in [2.45, 2.75) is 40.3 Å². The summed E-state index contributed by atoms with van der Waals surface area (Å²) in [7, 11) is 0. The van der Waals surface area contributed by atoms with Crippen LogP contribution in [0.4, 0.5) is 5.69 Å². The third kappa shape index (κ3) is 4.49. The topological polar surface area (TPSA) is 96.8 Å². The van der Waals surface area contributed by atoms with Gasteiger partial charge in [-0.3, -0.25) is 14.7 Å². The normalized spacial score (nSPS) is 14.2. The molecule has 3 aromatic heterocycles. The SMILES string of the molecule is CC(C)(C)C(=O)Nc1ccncc1CN1CCc2nc(-c3cncnc3)ncc2C1. The monoisotopic (exact) mass is 403 g/mol. The average molecular weight is 403 g/mol. The molecule has 4 heterocycles.